The fraction of sp³-hybridized carbons (Fsp3) is 0.450. The van der Waals surface area contributed by atoms with Gasteiger partial charge in [-0.05, 0) is 37.0 Å². The summed E-state index contributed by atoms with van der Waals surface area (Å²) in [6, 6.07) is 3.62. The number of carbonyl (C=O) groups excluding carboxylic acids is 4. The number of amides is 3. The maximum atomic E-state index is 13.0. The van der Waals surface area contributed by atoms with E-state index in [2.05, 4.69) is 28.6 Å². The first-order valence-electron chi connectivity index (χ1n) is 9.61. The molecule has 3 amide bonds. The van der Waals surface area contributed by atoms with Gasteiger partial charge in [0.1, 0.15) is 17.9 Å². The summed E-state index contributed by atoms with van der Waals surface area (Å²) in [6.45, 7) is 0.110. The summed E-state index contributed by atoms with van der Waals surface area (Å²) in [5, 5.41) is 14.8. The summed E-state index contributed by atoms with van der Waals surface area (Å²) >= 11 is 4.10. The smallest absolute Gasteiger partial charge is 0.244 e. The fourth-order valence-corrected chi connectivity index (χ4v) is 2.90. The van der Waals surface area contributed by atoms with Crippen LogP contribution in [0.1, 0.15) is 31.2 Å². The van der Waals surface area contributed by atoms with Gasteiger partial charge < -0.3 is 21.4 Å². The highest BCUT2D eigenvalue weighted by Crippen LogP contribution is 2.28. The summed E-state index contributed by atoms with van der Waals surface area (Å²) < 4.78 is 13.0. The monoisotopic (exact) mass is 436 g/mol. The van der Waals surface area contributed by atoms with Crippen molar-refractivity contribution in [2.24, 2.45) is 5.92 Å². The normalized spacial score (nSPS) is 14.9. The minimum absolute atomic E-state index is 0.00886. The van der Waals surface area contributed by atoms with E-state index >= 15 is 0 Å². The average Bonchev–Trinajstić information content (AvgIpc) is 3.59. The first-order chi connectivity index (χ1) is 14.3. The molecule has 0 aromatic heterocycles. The lowest BCUT2D eigenvalue weighted by Gasteiger charge is -2.22. The number of halogens is 1. The SMILES string of the molecule is N=CC(=O)CC[C@H](NC(=O)[C@H](CS)NC(=O)C1CC1)C(=O)NCc1ccc(F)cc1. The molecular weight excluding hydrogens is 411 g/mol. The summed E-state index contributed by atoms with van der Waals surface area (Å²) in [5.41, 5.74) is 0.662. The highest BCUT2D eigenvalue weighted by molar-refractivity contribution is 7.80. The van der Waals surface area contributed by atoms with Gasteiger partial charge in [-0.2, -0.15) is 12.6 Å². The molecule has 1 aliphatic carbocycles. The molecule has 0 radical (unpaired) electrons. The Morgan fingerprint density at radius 2 is 1.77 bits per heavy atom. The van der Waals surface area contributed by atoms with Crippen LogP contribution in [-0.2, 0) is 25.7 Å². The summed E-state index contributed by atoms with van der Waals surface area (Å²) in [4.78, 5) is 48.6. The lowest BCUT2D eigenvalue weighted by atomic mass is 10.1. The van der Waals surface area contributed by atoms with Crippen molar-refractivity contribution in [3.8, 4) is 0 Å². The van der Waals surface area contributed by atoms with Crippen molar-refractivity contribution in [1.29, 1.82) is 5.41 Å². The molecule has 1 aromatic carbocycles. The first-order valence-corrected chi connectivity index (χ1v) is 10.2. The summed E-state index contributed by atoms with van der Waals surface area (Å²) in [5.74, 6) is -2.24. The Bertz CT molecular complexity index is 799. The van der Waals surface area contributed by atoms with Gasteiger partial charge in [0.2, 0.25) is 17.7 Å². The molecular formula is C20H25FN4O4S. The molecule has 1 fully saturated rings. The van der Waals surface area contributed by atoms with Gasteiger partial charge in [0.15, 0.2) is 5.78 Å². The molecule has 0 heterocycles. The van der Waals surface area contributed by atoms with Crippen LogP contribution in [0, 0.1) is 17.1 Å². The highest BCUT2D eigenvalue weighted by atomic mass is 32.1. The second-order valence-corrected chi connectivity index (χ2v) is 7.44. The molecule has 10 heteroatoms. The van der Waals surface area contributed by atoms with E-state index in [0.29, 0.717) is 11.8 Å². The number of hydrogen-bond acceptors (Lipinski definition) is 6. The highest BCUT2D eigenvalue weighted by Gasteiger charge is 2.33. The third-order valence-corrected chi connectivity index (χ3v) is 4.98. The Morgan fingerprint density at radius 3 is 2.33 bits per heavy atom. The lowest BCUT2D eigenvalue weighted by molar-refractivity contribution is -0.132. The molecule has 0 saturated heterocycles. The molecule has 0 unspecified atom stereocenters. The van der Waals surface area contributed by atoms with E-state index in [1.807, 2.05) is 0 Å². The van der Waals surface area contributed by atoms with Crippen molar-refractivity contribution < 1.29 is 23.6 Å². The van der Waals surface area contributed by atoms with E-state index in [1.54, 1.807) is 0 Å². The van der Waals surface area contributed by atoms with Gasteiger partial charge in [-0.15, -0.1) is 0 Å². The Labute approximate surface area is 179 Å². The number of Topliss-reactive ketones (excluding diaryl/α,β-unsaturated/α-hetero) is 1. The lowest BCUT2D eigenvalue weighted by Crippen LogP contribution is -2.54. The third-order valence-electron chi connectivity index (χ3n) is 4.62. The van der Waals surface area contributed by atoms with Crippen molar-refractivity contribution in [2.75, 3.05) is 5.75 Å². The van der Waals surface area contributed by atoms with Crippen molar-refractivity contribution in [3.05, 3.63) is 35.6 Å². The number of hydrogen-bond donors (Lipinski definition) is 5. The predicted octanol–water partition coefficient (Wildman–Crippen LogP) is 0.750. The van der Waals surface area contributed by atoms with Crippen molar-refractivity contribution in [3.63, 3.8) is 0 Å². The van der Waals surface area contributed by atoms with Crippen LogP contribution in [-0.4, -0.2) is 47.6 Å². The van der Waals surface area contributed by atoms with Crippen LogP contribution in [0.4, 0.5) is 4.39 Å². The van der Waals surface area contributed by atoms with E-state index in [0.717, 1.165) is 12.8 Å². The zero-order chi connectivity index (χ0) is 22.1. The Kier molecular flexibility index (Phi) is 8.97. The molecule has 0 spiro atoms. The van der Waals surface area contributed by atoms with Crippen molar-refractivity contribution in [2.45, 2.75) is 44.3 Å². The fourth-order valence-electron chi connectivity index (χ4n) is 2.64. The van der Waals surface area contributed by atoms with Gasteiger partial charge >= 0.3 is 0 Å². The van der Waals surface area contributed by atoms with E-state index in [9.17, 15) is 23.6 Å². The molecule has 162 valence electrons. The average molecular weight is 437 g/mol. The number of rotatable bonds is 12. The standard InChI is InChI=1S/C20H25FN4O4S/c21-14-5-1-12(2-6-14)10-23-19(28)16(8-7-15(26)9-22)24-20(29)17(11-30)25-18(27)13-3-4-13/h1-2,5-6,9,13,16-17,22,30H,3-4,7-8,10-11H2,(H,23,28)(H,24,29)(H,25,27)/t16-,17-/m0/s1. The zero-order valence-electron chi connectivity index (χ0n) is 16.3. The van der Waals surface area contributed by atoms with Crippen LogP contribution in [0.15, 0.2) is 24.3 Å². The van der Waals surface area contributed by atoms with Gasteiger partial charge in [0, 0.05) is 24.6 Å². The third kappa shape index (κ3) is 7.58. The van der Waals surface area contributed by atoms with Crippen LogP contribution < -0.4 is 16.0 Å². The van der Waals surface area contributed by atoms with Gasteiger partial charge in [0.05, 0.1) is 6.21 Å². The molecule has 1 aliphatic rings. The summed E-state index contributed by atoms with van der Waals surface area (Å²) in [7, 11) is 0. The minimum atomic E-state index is -1.04. The van der Waals surface area contributed by atoms with Gasteiger partial charge in [0.25, 0.3) is 0 Å². The van der Waals surface area contributed by atoms with E-state index < -0.39 is 35.5 Å². The molecule has 1 saturated carbocycles. The van der Waals surface area contributed by atoms with E-state index in [1.165, 1.54) is 24.3 Å². The molecule has 8 nitrogen and oxygen atoms in total. The second-order valence-electron chi connectivity index (χ2n) is 7.07. The first kappa shape index (κ1) is 23.5. The summed E-state index contributed by atoms with van der Waals surface area (Å²) in [6.07, 6.45) is 2.12. The molecule has 0 aliphatic heterocycles. The largest absolute Gasteiger partial charge is 0.350 e. The molecule has 30 heavy (non-hydrogen) atoms. The topological polar surface area (TPSA) is 128 Å². The maximum Gasteiger partial charge on any atom is 0.244 e. The van der Waals surface area contributed by atoms with Crippen LogP contribution in [0.3, 0.4) is 0 Å². The van der Waals surface area contributed by atoms with Gasteiger partial charge in [-0.1, -0.05) is 12.1 Å². The van der Waals surface area contributed by atoms with Crippen molar-refractivity contribution in [1.82, 2.24) is 16.0 Å². The number of nitrogens with one attached hydrogen (secondary N) is 4. The molecule has 0 bridgehead atoms. The van der Waals surface area contributed by atoms with Crippen LogP contribution in [0.5, 0.6) is 0 Å². The molecule has 1 aromatic rings. The quantitative estimate of drug-likeness (QED) is 0.245. The molecule has 2 rings (SSSR count). The second kappa shape index (κ2) is 11.4. The zero-order valence-corrected chi connectivity index (χ0v) is 17.2. The Morgan fingerprint density at radius 1 is 1.10 bits per heavy atom. The van der Waals surface area contributed by atoms with E-state index in [-0.39, 0.29) is 37.0 Å². The van der Waals surface area contributed by atoms with Gasteiger partial charge in [-0.25, -0.2) is 4.39 Å². The Hall–Kier alpha value is -2.75. The minimum Gasteiger partial charge on any atom is -0.350 e. The van der Waals surface area contributed by atoms with Crippen LogP contribution in [0.2, 0.25) is 0 Å². The van der Waals surface area contributed by atoms with Crippen LogP contribution in [0.25, 0.3) is 0 Å². The van der Waals surface area contributed by atoms with Crippen molar-refractivity contribution >= 4 is 42.3 Å². The molecule has 4 N–H and O–H groups in total. The number of thiol groups is 1. The number of benzene rings is 1. The number of ketones is 1. The predicted molar refractivity (Wildman–Crippen MR) is 112 cm³/mol. The maximum absolute atomic E-state index is 13.0. The molecule has 2 atom stereocenters. The number of carbonyl (C=O) groups is 4. The Balaban J connectivity index is 1.98. The van der Waals surface area contributed by atoms with Gasteiger partial charge in [-0.3, -0.25) is 19.2 Å². The van der Waals surface area contributed by atoms with Crippen LogP contribution >= 0.6 is 12.6 Å². The van der Waals surface area contributed by atoms with E-state index in [4.69, 9.17) is 5.41 Å².